The molecule has 5 rings (SSSR count). The van der Waals surface area contributed by atoms with E-state index in [1.807, 2.05) is 12.1 Å². The summed E-state index contributed by atoms with van der Waals surface area (Å²) in [6.07, 6.45) is 1.66. The van der Waals surface area contributed by atoms with Gasteiger partial charge in [-0.05, 0) is 55.1 Å². The molecule has 10 heteroatoms. The first-order chi connectivity index (χ1) is 17.8. The molecule has 37 heavy (non-hydrogen) atoms. The van der Waals surface area contributed by atoms with Gasteiger partial charge in [-0.3, -0.25) is 4.90 Å². The molecule has 1 aliphatic rings. The smallest absolute Gasteiger partial charge is 0.223 e. The summed E-state index contributed by atoms with van der Waals surface area (Å²) in [6, 6.07) is 12.8. The Morgan fingerprint density at radius 3 is 2.81 bits per heavy atom. The Bertz CT molecular complexity index is 1540. The topological polar surface area (TPSA) is 113 Å². The van der Waals surface area contributed by atoms with Crippen molar-refractivity contribution >= 4 is 17.4 Å². The van der Waals surface area contributed by atoms with Crippen molar-refractivity contribution in [1.82, 2.24) is 24.5 Å². The van der Waals surface area contributed by atoms with Gasteiger partial charge in [0.1, 0.15) is 23.5 Å². The summed E-state index contributed by atoms with van der Waals surface area (Å²) in [5, 5.41) is 13.5. The predicted octanol–water partition coefficient (Wildman–Crippen LogP) is 3.92. The van der Waals surface area contributed by atoms with Crippen LogP contribution in [0.5, 0.6) is 0 Å². The summed E-state index contributed by atoms with van der Waals surface area (Å²) in [6.45, 7) is 3.84. The van der Waals surface area contributed by atoms with Crippen molar-refractivity contribution < 1.29 is 13.6 Å². The second-order valence-corrected chi connectivity index (χ2v) is 9.43. The Kier molecular flexibility index (Phi) is 6.63. The van der Waals surface area contributed by atoms with Gasteiger partial charge >= 0.3 is 0 Å². The molecule has 8 nitrogen and oxygen atoms in total. The zero-order chi connectivity index (χ0) is 26.1. The Morgan fingerprint density at radius 1 is 1.22 bits per heavy atom. The normalized spacial score (nSPS) is 15.8. The number of nitrogens with two attached hydrogens (primary N) is 1. The number of nitriles is 1. The highest BCUT2D eigenvalue weighted by Gasteiger charge is 2.25. The second-order valence-electron chi connectivity index (χ2n) is 9.43. The average molecular weight is 502 g/mol. The Morgan fingerprint density at radius 2 is 2.03 bits per heavy atom. The molecule has 0 spiro atoms. The number of fused-ring (bicyclic) bond motifs is 1. The van der Waals surface area contributed by atoms with E-state index in [2.05, 4.69) is 20.0 Å². The van der Waals surface area contributed by atoms with Gasteiger partial charge in [-0.15, -0.1) is 5.10 Å². The molecule has 1 saturated heterocycles. The lowest BCUT2D eigenvalue weighted by Crippen LogP contribution is -2.22. The van der Waals surface area contributed by atoms with Crippen molar-refractivity contribution in [2.75, 3.05) is 18.8 Å². The first-order valence-electron chi connectivity index (χ1n) is 12.0. The van der Waals surface area contributed by atoms with E-state index < -0.39 is 5.82 Å². The summed E-state index contributed by atoms with van der Waals surface area (Å²) in [7, 11) is 0. The van der Waals surface area contributed by atoms with E-state index in [-0.39, 0.29) is 40.8 Å². The minimum Gasteiger partial charge on any atom is -0.368 e. The average Bonchev–Trinajstić information content (AvgIpc) is 3.47. The number of ketones is 1. The highest BCUT2D eigenvalue weighted by atomic mass is 19.1. The molecule has 2 N–H and O–H groups in total. The molecule has 1 atom stereocenters. The molecule has 1 aliphatic heterocycles. The lowest BCUT2D eigenvalue weighted by Gasteiger charge is -2.18. The van der Waals surface area contributed by atoms with Crippen LogP contribution in [0.25, 0.3) is 16.9 Å². The number of nitrogen functional groups attached to an aromatic ring is 1. The second kappa shape index (κ2) is 10.0. The highest BCUT2D eigenvalue weighted by molar-refractivity contribution is 5.75. The number of hydrogen-bond acceptors (Lipinski definition) is 7. The van der Waals surface area contributed by atoms with E-state index in [1.165, 1.54) is 28.8 Å². The zero-order valence-corrected chi connectivity index (χ0v) is 20.3. The third-order valence-electron chi connectivity index (χ3n) is 6.68. The Hall–Kier alpha value is -4.23. The minimum atomic E-state index is -0.690. The number of aromatic nitrogens is 4. The largest absolute Gasteiger partial charge is 0.368 e. The molecule has 0 bridgehead atoms. The predicted molar refractivity (Wildman–Crippen MR) is 133 cm³/mol. The molecule has 188 valence electrons. The number of rotatable bonds is 7. The van der Waals surface area contributed by atoms with E-state index in [0.29, 0.717) is 35.9 Å². The number of carbonyl (C=O) groups excluding carboxylic acids is 1. The number of carbonyl (C=O) groups is 1. The van der Waals surface area contributed by atoms with Gasteiger partial charge in [0.15, 0.2) is 11.5 Å². The summed E-state index contributed by atoms with van der Waals surface area (Å²) in [5.74, 6) is -0.177. The summed E-state index contributed by atoms with van der Waals surface area (Å²) < 4.78 is 31.0. The molecule has 0 aliphatic carbocycles. The number of anilines is 1. The van der Waals surface area contributed by atoms with E-state index >= 15 is 0 Å². The standard InChI is InChI=1S/C27H25F2N7O/c1-16(37)10-17-8-9-35(14-17)15-19-5-3-7-22(28)21(19)11-24-33-25-12-23(32-27(31)36(25)34-24)20-6-2-4-18(13-30)26(20)29/h2-7,12,17H,8-11,14-15H2,1H3,(H2,31,32)/t17-/m1/s1. The number of nitrogens with zero attached hydrogens (tertiary/aromatic N) is 6. The maximum Gasteiger partial charge on any atom is 0.223 e. The fraction of sp³-hybridized carbons (Fsp3) is 0.296. The number of Topliss-reactive ketones (excluding diaryl/α,β-unsaturated/α-hetero) is 1. The molecular weight excluding hydrogens is 476 g/mol. The molecule has 0 radical (unpaired) electrons. The molecule has 0 amide bonds. The van der Waals surface area contributed by atoms with Gasteiger partial charge in [0.05, 0.1) is 11.3 Å². The van der Waals surface area contributed by atoms with Gasteiger partial charge in [0, 0.05) is 37.6 Å². The van der Waals surface area contributed by atoms with E-state index in [9.17, 15) is 13.6 Å². The molecule has 2 aromatic carbocycles. The van der Waals surface area contributed by atoms with Crippen molar-refractivity contribution in [2.45, 2.75) is 32.7 Å². The van der Waals surface area contributed by atoms with Crippen LogP contribution in [0.1, 0.15) is 42.3 Å². The zero-order valence-electron chi connectivity index (χ0n) is 20.3. The van der Waals surface area contributed by atoms with Crippen LogP contribution in [-0.4, -0.2) is 43.4 Å². The molecule has 4 aromatic rings. The molecule has 1 fully saturated rings. The number of likely N-dealkylation sites (tertiary alicyclic amines) is 1. The van der Waals surface area contributed by atoms with E-state index in [4.69, 9.17) is 11.0 Å². The maximum absolute atomic E-state index is 15.0. The van der Waals surface area contributed by atoms with Crippen LogP contribution in [0, 0.1) is 28.9 Å². The fourth-order valence-corrected chi connectivity index (χ4v) is 4.96. The third kappa shape index (κ3) is 5.04. The van der Waals surface area contributed by atoms with Gasteiger partial charge in [-0.1, -0.05) is 18.2 Å². The van der Waals surface area contributed by atoms with Crippen LogP contribution in [0.15, 0.2) is 42.5 Å². The quantitative estimate of drug-likeness (QED) is 0.408. The number of hydrogen-bond donors (Lipinski definition) is 1. The van der Waals surface area contributed by atoms with Crippen LogP contribution in [0.2, 0.25) is 0 Å². The van der Waals surface area contributed by atoms with Gasteiger partial charge in [0.2, 0.25) is 5.95 Å². The summed E-state index contributed by atoms with van der Waals surface area (Å²) in [5.41, 5.74) is 8.01. The lowest BCUT2D eigenvalue weighted by molar-refractivity contribution is -0.117. The molecule has 3 heterocycles. The van der Waals surface area contributed by atoms with Crippen LogP contribution in [0.4, 0.5) is 14.7 Å². The van der Waals surface area contributed by atoms with Crippen LogP contribution in [0.3, 0.4) is 0 Å². The summed E-state index contributed by atoms with van der Waals surface area (Å²) in [4.78, 5) is 22.5. The van der Waals surface area contributed by atoms with Gasteiger partial charge in [-0.2, -0.15) is 9.78 Å². The molecule has 0 saturated carbocycles. The van der Waals surface area contributed by atoms with E-state index in [1.54, 1.807) is 19.1 Å². The SMILES string of the molecule is CC(=O)C[C@H]1CCN(Cc2cccc(F)c2Cc2nc3cc(-c4cccc(C#N)c4F)nc(N)n3n2)C1. The fourth-order valence-electron chi connectivity index (χ4n) is 4.96. The Labute approximate surface area is 212 Å². The number of halogens is 2. The highest BCUT2D eigenvalue weighted by Crippen LogP contribution is 2.27. The maximum atomic E-state index is 15.0. The van der Waals surface area contributed by atoms with Crippen molar-refractivity contribution in [1.29, 1.82) is 5.26 Å². The molecule has 2 aromatic heterocycles. The van der Waals surface area contributed by atoms with Crippen LogP contribution >= 0.6 is 0 Å². The Balaban J connectivity index is 1.42. The van der Waals surface area contributed by atoms with E-state index in [0.717, 1.165) is 25.1 Å². The number of benzene rings is 2. The van der Waals surface area contributed by atoms with Crippen molar-refractivity contribution in [3.63, 3.8) is 0 Å². The van der Waals surface area contributed by atoms with Crippen molar-refractivity contribution in [2.24, 2.45) is 5.92 Å². The third-order valence-corrected chi connectivity index (χ3v) is 6.68. The van der Waals surface area contributed by atoms with Gasteiger partial charge in [0.25, 0.3) is 0 Å². The van der Waals surface area contributed by atoms with Crippen molar-refractivity contribution in [3.05, 3.63) is 76.6 Å². The lowest BCUT2D eigenvalue weighted by atomic mass is 10.0. The first kappa shape index (κ1) is 24.5. The van der Waals surface area contributed by atoms with Gasteiger partial charge < -0.3 is 10.5 Å². The molecular formula is C27H25F2N7O. The van der Waals surface area contributed by atoms with Crippen LogP contribution in [-0.2, 0) is 17.8 Å². The van der Waals surface area contributed by atoms with Crippen LogP contribution < -0.4 is 5.73 Å². The first-order valence-corrected chi connectivity index (χ1v) is 12.0. The summed E-state index contributed by atoms with van der Waals surface area (Å²) >= 11 is 0. The van der Waals surface area contributed by atoms with Gasteiger partial charge in [-0.25, -0.2) is 18.7 Å². The minimum absolute atomic E-state index is 0.00431. The monoisotopic (exact) mass is 501 g/mol. The molecule has 0 unspecified atom stereocenters. The van der Waals surface area contributed by atoms with Crippen molar-refractivity contribution in [3.8, 4) is 17.3 Å².